The van der Waals surface area contributed by atoms with Gasteiger partial charge in [0, 0.05) is 6.20 Å². The number of methoxy groups -OCH3 is 1. The summed E-state index contributed by atoms with van der Waals surface area (Å²) in [5.74, 6) is -0.270. The number of nitrogens with one attached hydrogen (secondary N) is 1. The van der Waals surface area contributed by atoms with Crippen LogP contribution in [0.5, 0.6) is 0 Å². The summed E-state index contributed by atoms with van der Waals surface area (Å²) < 4.78 is 5.37. The predicted octanol–water partition coefficient (Wildman–Crippen LogP) is 2.21. The first-order valence-corrected chi connectivity index (χ1v) is 5.43. The van der Waals surface area contributed by atoms with Crippen molar-refractivity contribution in [1.82, 2.24) is 4.98 Å². The number of carbonyl (C=O) groups is 1. The van der Waals surface area contributed by atoms with Gasteiger partial charge in [-0.2, -0.15) is 0 Å². The average Bonchev–Trinajstić information content (AvgIpc) is 2.27. The number of hydrogen-bond donors (Lipinski definition) is 1. The van der Waals surface area contributed by atoms with Crippen LogP contribution in [0, 0.1) is 0 Å². The van der Waals surface area contributed by atoms with E-state index in [4.69, 9.17) is 0 Å². The van der Waals surface area contributed by atoms with Crippen LogP contribution in [0.4, 0.5) is 5.69 Å². The SMILES string of the molecule is CCC(Nc1cccnc1Br)C(=O)OC. The summed E-state index contributed by atoms with van der Waals surface area (Å²) in [4.78, 5) is 15.4. The van der Waals surface area contributed by atoms with E-state index in [-0.39, 0.29) is 12.0 Å². The van der Waals surface area contributed by atoms with Gasteiger partial charge in [0.1, 0.15) is 10.6 Å². The Kier molecular flexibility index (Phi) is 4.55. The molecule has 1 atom stereocenters. The van der Waals surface area contributed by atoms with E-state index in [1.54, 1.807) is 12.3 Å². The molecular formula is C10H13BrN2O2. The van der Waals surface area contributed by atoms with E-state index in [9.17, 15) is 4.79 Å². The number of rotatable bonds is 4. The summed E-state index contributed by atoms with van der Waals surface area (Å²) in [6.07, 6.45) is 2.34. The number of halogens is 1. The number of nitrogens with zero attached hydrogens (tertiary/aromatic N) is 1. The van der Waals surface area contributed by atoms with Gasteiger partial charge in [0.05, 0.1) is 12.8 Å². The molecule has 0 amide bonds. The Bertz CT molecular complexity index is 344. The summed E-state index contributed by atoms with van der Waals surface area (Å²) in [6.45, 7) is 1.92. The second kappa shape index (κ2) is 5.70. The third kappa shape index (κ3) is 3.20. The Labute approximate surface area is 97.2 Å². The molecule has 1 N–H and O–H groups in total. The number of aromatic nitrogens is 1. The Hall–Kier alpha value is -1.10. The molecule has 0 aliphatic rings. The van der Waals surface area contributed by atoms with E-state index in [0.717, 1.165) is 5.69 Å². The fourth-order valence-corrected chi connectivity index (χ4v) is 1.52. The number of hydrogen-bond acceptors (Lipinski definition) is 4. The molecule has 0 bridgehead atoms. The average molecular weight is 273 g/mol. The lowest BCUT2D eigenvalue weighted by molar-refractivity contribution is -0.141. The molecule has 15 heavy (non-hydrogen) atoms. The van der Waals surface area contributed by atoms with Crippen LogP contribution in [-0.4, -0.2) is 24.1 Å². The van der Waals surface area contributed by atoms with Crippen LogP contribution in [-0.2, 0) is 9.53 Å². The largest absolute Gasteiger partial charge is 0.467 e. The van der Waals surface area contributed by atoms with Crippen LogP contribution in [0.15, 0.2) is 22.9 Å². The zero-order chi connectivity index (χ0) is 11.3. The second-order valence-electron chi connectivity index (χ2n) is 2.97. The molecule has 5 heteroatoms. The maximum atomic E-state index is 11.3. The minimum absolute atomic E-state index is 0.270. The Morgan fingerprint density at radius 1 is 1.73 bits per heavy atom. The zero-order valence-electron chi connectivity index (χ0n) is 8.66. The van der Waals surface area contributed by atoms with Crippen molar-refractivity contribution < 1.29 is 9.53 Å². The summed E-state index contributed by atoms with van der Waals surface area (Å²) >= 11 is 3.30. The van der Waals surface area contributed by atoms with Crippen molar-refractivity contribution in [2.75, 3.05) is 12.4 Å². The van der Waals surface area contributed by atoms with Gasteiger partial charge in [-0.3, -0.25) is 0 Å². The highest BCUT2D eigenvalue weighted by Crippen LogP contribution is 2.19. The highest BCUT2D eigenvalue weighted by molar-refractivity contribution is 9.10. The summed E-state index contributed by atoms with van der Waals surface area (Å²) in [7, 11) is 1.38. The molecule has 4 nitrogen and oxygen atoms in total. The van der Waals surface area contributed by atoms with E-state index >= 15 is 0 Å². The molecule has 0 fully saturated rings. The molecule has 0 saturated carbocycles. The van der Waals surface area contributed by atoms with Crippen molar-refractivity contribution in [2.45, 2.75) is 19.4 Å². The van der Waals surface area contributed by atoms with Crippen molar-refractivity contribution in [3.8, 4) is 0 Å². The van der Waals surface area contributed by atoms with Gasteiger partial charge in [0.15, 0.2) is 0 Å². The second-order valence-corrected chi connectivity index (χ2v) is 3.72. The number of carbonyl (C=O) groups excluding carboxylic acids is 1. The monoisotopic (exact) mass is 272 g/mol. The van der Waals surface area contributed by atoms with Crippen LogP contribution in [0.1, 0.15) is 13.3 Å². The topological polar surface area (TPSA) is 51.2 Å². The first-order chi connectivity index (χ1) is 7.19. The van der Waals surface area contributed by atoms with Crippen molar-refractivity contribution in [3.05, 3.63) is 22.9 Å². The Morgan fingerprint density at radius 3 is 3.00 bits per heavy atom. The van der Waals surface area contributed by atoms with Crippen molar-refractivity contribution in [1.29, 1.82) is 0 Å². The highest BCUT2D eigenvalue weighted by atomic mass is 79.9. The smallest absolute Gasteiger partial charge is 0.328 e. The molecule has 0 aliphatic heterocycles. The van der Waals surface area contributed by atoms with Gasteiger partial charge in [-0.05, 0) is 34.5 Å². The predicted molar refractivity (Wildman–Crippen MR) is 61.7 cm³/mol. The Balaban J connectivity index is 2.75. The molecule has 0 aliphatic carbocycles. The van der Waals surface area contributed by atoms with Gasteiger partial charge >= 0.3 is 5.97 Å². The minimum Gasteiger partial charge on any atom is -0.467 e. The minimum atomic E-state index is -0.338. The fraction of sp³-hybridized carbons (Fsp3) is 0.400. The van der Waals surface area contributed by atoms with Crippen LogP contribution < -0.4 is 5.32 Å². The van der Waals surface area contributed by atoms with Crippen LogP contribution in [0.2, 0.25) is 0 Å². The molecule has 0 spiro atoms. The maximum absolute atomic E-state index is 11.3. The third-order valence-electron chi connectivity index (χ3n) is 1.98. The van der Waals surface area contributed by atoms with Crippen LogP contribution in [0.3, 0.4) is 0 Å². The quantitative estimate of drug-likeness (QED) is 0.675. The molecule has 0 aromatic carbocycles. The molecule has 0 saturated heterocycles. The third-order valence-corrected chi connectivity index (χ3v) is 2.61. The van der Waals surface area contributed by atoms with Gasteiger partial charge in [-0.1, -0.05) is 6.92 Å². The molecule has 1 heterocycles. The molecule has 1 unspecified atom stereocenters. The van der Waals surface area contributed by atoms with Gasteiger partial charge in [0.2, 0.25) is 0 Å². The molecular weight excluding hydrogens is 260 g/mol. The van der Waals surface area contributed by atoms with Crippen LogP contribution in [0.25, 0.3) is 0 Å². The molecule has 0 radical (unpaired) electrons. The van der Waals surface area contributed by atoms with Gasteiger partial charge in [0.25, 0.3) is 0 Å². The van der Waals surface area contributed by atoms with Crippen LogP contribution >= 0.6 is 15.9 Å². The Morgan fingerprint density at radius 2 is 2.47 bits per heavy atom. The summed E-state index contributed by atoms with van der Waals surface area (Å²) in [6, 6.07) is 3.32. The highest BCUT2D eigenvalue weighted by Gasteiger charge is 2.17. The van der Waals surface area contributed by atoms with E-state index < -0.39 is 0 Å². The lowest BCUT2D eigenvalue weighted by atomic mass is 10.2. The van der Waals surface area contributed by atoms with Crippen molar-refractivity contribution in [3.63, 3.8) is 0 Å². The number of pyridine rings is 1. The van der Waals surface area contributed by atoms with Crippen molar-refractivity contribution >= 4 is 27.6 Å². The molecule has 1 rings (SSSR count). The zero-order valence-corrected chi connectivity index (χ0v) is 10.2. The normalized spacial score (nSPS) is 11.9. The lowest BCUT2D eigenvalue weighted by Crippen LogP contribution is -2.30. The van der Waals surface area contributed by atoms with Crippen molar-refractivity contribution in [2.24, 2.45) is 0 Å². The number of ether oxygens (including phenoxy) is 1. The number of anilines is 1. The van der Waals surface area contributed by atoms with E-state index in [1.165, 1.54) is 7.11 Å². The molecule has 82 valence electrons. The first-order valence-electron chi connectivity index (χ1n) is 4.64. The van der Waals surface area contributed by atoms with E-state index in [0.29, 0.717) is 11.0 Å². The first kappa shape index (κ1) is 12.0. The lowest BCUT2D eigenvalue weighted by Gasteiger charge is -2.16. The van der Waals surface area contributed by atoms with Gasteiger partial charge < -0.3 is 10.1 Å². The summed E-state index contributed by atoms with van der Waals surface area (Å²) in [5, 5.41) is 3.06. The number of esters is 1. The molecule has 1 aromatic rings. The fourth-order valence-electron chi connectivity index (χ4n) is 1.15. The maximum Gasteiger partial charge on any atom is 0.328 e. The molecule has 1 aromatic heterocycles. The van der Waals surface area contributed by atoms with Gasteiger partial charge in [-0.25, -0.2) is 9.78 Å². The standard InChI is InChI=1S/C10H13BrN2O2/c1-3-7(10(14)15-2)13-8-5-4-6-12-9(8)11/h4-7,13H,3H2,1-2H3. The summed E-state index contributed by atoms with van der Waals surface area (Å²) in [5.41, 5.74) is 0.787. The van der Waals surface area contributed by atoms with E-state index in [1.807, 2.05) is 13.0 Å². The van der Waals surface area contributed by atoms with E-state index in [2.05, 4.69) is 31.0 Å². The van der Waals surface area contributed by atoms with Gasteiger partial charge in [-0.15, -0.1) is 0 Å².